The molecule has 2 aromatic heterocycles. The number of aromatic nitrogens is 2. The van der Waals surface area contributed by atoms with Crippen LogP contribution in [0.3, 0.4) is 0 Å². The van der Waals surface area contributed by atoms with Crippen LogP contribution < -0.4 is 5.32 Å². The molecule has 5 rings (SSSR count). The maximum Gasteiger partial charge on any atom is 0.235 e. The van der Waals surface area contributed by atoms with E-state index < -0.39 is 5.41 Å². The minimum absolute atomic E-state index is 0.0624. The monoisotopic (exact) mass is 447 g/mol. The zero-order valence-corrected chi connectivity index (χ0v) is 18.8. The highest BCUT2D eigenvalue weighted by molar-refractivity contribution is 7.21. The van der Waals surface area contributed by atoms with Crippen LogP contribution in [0.5, 0.6) is 0 Å². The molecule has 4 aromatic rings. The lowest BCUT2D eigenvalue weighted by atomic mass is 9.78. The molecular formula is C25H22ClN3OS. The first-order valence-corrected chi connectivity index (χ1v) is 11.6. The first kappa shape index (κ1) is 20.2. The van der Waals surface area contributed by atoms with Crippen LogP contribution in [-0.2, 0) is 10.2 Å². The lowest BCUT2D eigenvalue weighted by Gasteiger charge is -2.29. The minimum Gasteiger partial charge on any atom is -0.325 e. The lowest BCUT2D eigenvalue weighted by molar-refractivity contribution is -0.121. The van der Waals surface area contributed by atoms with E-state index in [4.69, 9.17) is 16.6 Å². The van der Waals surface area contributed by atoms with Crippen molar-refractivity contribution in [3.05, 3.63) is 76.9 Å². The van der Waals surface area contributed by atoms with Gasteiger partial charge in [-0.1, -0.05) is 47.9 Å². The van der Waals surface area contributed by atoms with E-state index in [0.717, 1.165) is 63.4 Å². The third-order valence-electron chi connectivity index (χ3n) is 6.18. The number of amides is 1. The smallest absolute Gasteiger partial charge is 0.235 e. The number of carbonyl (C=O) groups excluding carboxylic acids is 1. The molecule has 0 spiro atoms. The van der Waals surface area contributed by atoms with Crippen LogP contribution in [0.15, 0.2) is 60.8 Å². The first-order valence-electron chi connectivity index (χ1n) is 10.5. The fourth-order valence-corrected chi connectivity index (χ4v) is 5.50. The molecule has 1 aliphatic rings. The number of anilines is 1. The standard InChI is InChI=1S/C25H22ClN3OS/c1-16-15-17(22-28-21-5-4-14-27-23(21)31-22)6-11-20(16)29-24(30)25(12-2-3-13-25)18-7-9-19(26)10-8-18/h4-11,14-15H,2-3,12-13H2,1H3,(H,29,30). The van der Waals surface area contributed by atoms with Gasteiger partial charge in [0.05, 0.1) is 5.41 Å². The SMILES string of the molecule is Cc1cc(-c2nc3cccnc3s2)ccc1NC(=O)C1(c2ccc(Cl)cc2)CCCC1. The fourth-order valence-electron chi connectivity index (χ4n) is 4.47. The van der Waals surface area contributed by atoms with E-state index in [1.165, 1.54) is 0 Å². The van der Waals surface area contributed by atoms with Gasteiger partial charge >= 0.3 is 0 Å². The normalized spacial score (nSPS) is 15.3. The zero-order chi connectivity index (χ0) is 21.4. The number of nitrogens with one attached hydrogen (secondary N) is 1. The van der Waals surface area contributed by atoms with E-state index in [1.807, 2.05) is 55.5 Å². The second kappa shape index (κ2) is 8.06. The van der Waals surface area contributed by atoms with Gasteiger partial charge in [-0.2, -0.15) is 0 Å². The summed E-state index contributed by atoms with van der Waals surface area (Å²) in [5.74, 6) is 0.0624. The molecule has 31 heavy (non-hydrogen) atoms. The highest BCUT2D eigenvalue weighted by Crippen LogP contribution is 2.42. The Morgan fingerprint density at radius 3 is 2.58 bits per heavy atom. The van der Waals surface area contributed by atoms with Gasteiger partial charge in [0.1, 0.15) is 15.4 Å². The summed E-state index contributed by atoms with van der Waals surface area (Å²) >= 11 is 7.65. The molecule has 0 saturated heterocycles. The Balaban J connectivity index is 1.42. The molecule has 2 heterocycles. The maximum absolute atomic E-state index is 13.5. The topological polar surface area (TPSA) is 54.9 Å². The van der Waals surface area contributed by atoms with Gasteiger partial charge in [-0.3, -0.25) is 4.79 Å². The van der Waals surface area contributed by atoms with E-state index in [2.05, 4.69) is 16.4 Å². The highest BCUT2D eigenvalue weighted by atomic mass is 35.5. The number of thiazole rings is 1. The van der Waals surface area contributed by atoms with Gasteiger partial charge in [-0.15, -0.1) is 0 Å². The van der Waals surface area contributed by atoms with Crippen LogP contribution in [0.2, 0.25) is 5.02 Å². The van der Waals surface area contributed by atoms with Crippen molar-refractivity contribution in [1.82, 2.24) is 9.97 Å². The third-order valence-corrected chi connectivity index (χ3v) is 7.46. The van der Waals surface area contributed by atoms with E-state index in [0.29, 0.717) is 5.02 Å². The van der Waals surface area contributed by atoms with Gasteiger partial charge in [0.2, 0.25) is 5.91 Å². The molecule has 1 saturated carbocycles. The summed E-state index contributed by atoms with van der Waals surface area (Å²) in [6.45, 7) is 2.02. The number of fused-ring (bicyclic) bond motifs is 1. The predicted octanol–water partition coefficient (Wildman–Crippen LogP) is 6.77. The van der Waals surface area contributed by atoms with E-state index >= 15 is 0 Å². The molecule has 156 valence electrons. The number of rotatable bonds is 4. The number of benzene rings is 2. The first-order chi connectivity index (χ1) is 15.0. The number of pyridine rings is 1. The van der Waals surface area contributed by atoms with Crippen molar-refractivity contribution in [2.45, 2.75) is 38.0 Å². The van der Waals surface area contributed by atoms with Gasteiger partial charge in [-0.25, -0.2) is 9.97 Å². The van der Waals surface area contributed by atoms with Crippen molar-refractivity contribution in [3.63, 3.8) is 0 Å². The average Bonchev–Trinajstić information content (AvgIpc) is 3.43. The Bertz CT molecular complexity index is 1230. The predicted molar refractivity (Wildman–Crippen MR) is 128 cm³/mol. The van der Waals surface area contributed by atoms with Crippen LogP contribution in [0.1, 0.15) is 36.8 Å². The van der Waals surface area contributed by atoms with Crippen molar-refractivity contribution >= 4 is 44.9 Å². The summed E-state index contributed by atoms with van der Waals surface area (Å²) in [5.41, 5.74) is 4.35. The molecule has 4 nitrogen and oxygen atoms in total. The Morgan fingerprint density at radius 1 is 1.10 bits per heavy atom. The zero-order valence-electron chi connectivity index (χ0n) is 17.2. The molecule has 0 unspecified atom stereocenters. The van der Waals surface area contributed by atoms with Crippen LogP contribution in [0.25, 0.3) is 20.9 Å². The van der Waals surface area contributed by atoms with Crippen molar-refractivity contribution in [3.8, 4) is 10.6 Å². The van der Waals surface area contributed by atoms with Crippen molar-refractivity contribution < 1.29 is 4.79 Å². The van der Waals surface area contributed by atoms with Crippen LogP contribution >= 0.6 is 22.9 Å². The van der Waals surface area contributed by atoms with Gasteiger partial charge in [0.15, 0.2) is 0 Å². The molecule has 0 aliphatic heterocycles. The molecular weight excluding hydrogens is 426 g/mol. The van der Waals surface area contributed by atoms with Gasteiger partial charge in [-0.05, 0) is 73.4 Å². The van der Waals surface area contributed by atoms with Crippen molar-refractivity contribution in [1.29, 1.82) is 0 Å². The number of aryl methyl sites for hydroxylation is 1. The number of hydrogen-bond donors (Lipinski definition) is 1. The van der Waals surface area contributed by atoms with Crippen molar-refractivity contribution in [2.75, 3.05) is 5.32 Å². The van der Waals surface area contributed by atoms with Gasteiger partial charge in [0, 0.05) is 22.5 Å². The molecule has 1 fully saturated rings. The summed E-state index contributed by atoms with van der Waals surface area (Å²) in [5, 5.41) is 4.83. The number of carbonyl (C=O) groups is 1. The van der Waals surface area contributed by atoms with Crippen LogP contribution in [0, 0.1) is 6.92 Å². The summed E-state index contributed by atoms with van der Waals surface area (Å²) in [4.78, 5) is 23.5. The second-order valence-corrected chi connectivity index (χ2v) is 9.54. The fraction of sp³-hybridized carbons (Fsp3) is 0.240. The van der Waals surface area contributed by atoms with Gasteiger partial charge < -0.3 is 5.32 Å². The van der Waals surface area contributed by atoms with E-state index in [-0.39, 0.29) is 5.91 Å². The van der Waals surface area contributed by atoms with Crippen LogP contribution in [-0.4, -0.2) is 15.9 Å². The lowest BCUT2D eigenvalue weighted by Crippen LogP contribution is -2.38. The maximum atomic E-state index is 13.5. The number of halogens is 1. The Labute approximate surface area is 190 Å². The molecule has 2 aromatic carbocycles. The molecule has 1 N–H and O–H groups in total. The Kier molecular flexibility index (Phi) is 5.24. The second-order valence-electron chi connectivity index (χ2n) is 8.13. The Hall–Kier alpha value is -2.76. The number of hydrogen-bond acceptors (Lipinski definition) is 4. The number of nitrogens with zero attached hydrogens (tertiary/aromatic N) is 2. The minimum atomic E-state index is -0.492. The average molecular weight is 448 g/mol. The van der Waals surface area contributed by atoms with Crippen molar-refractivity contribution in [2.24, 2.45) is 0 Å². The molecule has 1 aliphatic carbocycles. The summed E-state index contributed by atoms with van der Waals surface area (Å²) < 4.78 is 0. The molecule has 0 atom stereocenters. The van der Waals surface area contributed by atoms with E-state index in [9.17, 15) is 4.79 Å². The highest BCUT2D eigenvalue weighted by Gasteiger charge is 2.42. The largest absolute Gasteiger partial charge is 0.325 e. The Morgan fingerprint density at radius 2 is 1.87 bits per heavy atom. The summed E-state index contributed by atoms with van der Waals surface area (Å²) in [6, 6.07) is 17.7. The van der Waals surface area contributed by atoms with Gasteiger partial charge in [0.25, 0.3) is 0 Å². The molecule has 0 radical (unpaired) electrons. The summed E-state index contributed by atoms with van der Waals surface area (Å²) in [6.07, 6.45) is 5.61. The van der Waals surface area contributed by atoms with Crippen LogP contribution in [0.4, 0.5) is 5.69 Å². The third kappa shape index (κ3) is 3.73. The molecule has 0 bridgehead atoms. The van der Waals surface area contributed by atoms with E-state index in [1.54, 1.807) is 17.5 Å². The molecule has 6 heteroatoms. The quantitative estimate of drug-likeness (QED) is 0.375. The molecule has 1 amide bonds. The summed E-state index contributed by atoms with van der Waals surface area (Å²) in [7, 11) is 0.